The molecule has 4 rings (SSSR count). The van der Waals surface area contributed by atoms with Crippen molar-refractivity contribution in [1.82, 2.24) is 0 Å². The summed E-state index contributed by atoms with van der Waals surface area (Å²) in [7, 11) is -1.36. The Bertz CT molecular complexity index is 790. The fourth-order valence-corrected chi connectivity index (χ4v) is 9.28. The zero-order valence-electron chi connectivity index (χ0n) is 14.7. The van der Waals surface area contributed by atoms with Gasteiger partial charge in [0.2, 0.25) is 0 Å². The molecule has 4 atom stereocenters. The molecule has 2 aromatic carbocycles. The van der Waals surface area contributed by atoms with Crippen LogP contribution in [0.25, 0.3) is 0 Å². The van der Waals surface area contributed by atoms with Crippen LogP contribution >= 0.6 is 0 Å². The fourth-order valence-electron chi connectivity index (χ4n) is 5.67. The summed E-state index contributed by atoms with van der Waals surface area (Å²) in [6.45, 7) is 11.8. The van der Waals surface area contributed by atoms with Gasteiger partial charge in [0.15, 0.2) is 0 Å². The van der Waals surface area contributed by atoms with Crippen LogP contribution in [0, 0.1) is 12.3 Å². The lowest BCUT2D eigenvalue weighted by atomic mass is 9.75. The fraction of sp³-hybridized carbons (Fsp3) is 0.429. The lowest BCUT2D eigenvalue weighted by Crippen LogP contribution is -2.39. The Labute approximate surface area is 140 Å². The Kier molecular flexibility index (Phi) is 2.88. The third kappa shape index (κ3) is 1.66. The van der Waals surface area contributed by atoms with Crippen molar-refractivity contribution in [3.05, 3.63) is 70.8 Å². The molecule has 23 heavy (non-hydrogen) atoms. The van der Waals surface area contributed by atoms with E-state index in [-0.39, 0.29) is 5.41 Å². The molecule has 0 aromatic heterocycles. The molecule has 0 radical (unpaired) electrons. The van der Waals surface area contributed by atoms with E-state index in [4.69, 9.17) is 0 Å². The standard InChI is InChI=1S/C21H26OSi/c1-14-10-6-8-12-16(14)21(22)17-13-9-7-11-15(17)18-19(20(18,21)2)23(3,4)5/h6-13,18-19,22H,1-5H3/t18?,19-,20-,21-/m1/s1. The number of aliphatic hydroxyl groups is 1. The van der Waals surface area contributed by atoms with Crippen LogP contribution in [0.5, 0.6) is 0 Å². The van der Waals surface area contributed by atoms with Crippen molar-refractivity contribution in [3.8, 4) is 0 Å². The summed E-state index contributed by atoms with van der Waals surface area (Å²) < 4.78 is 0. The van der Waals surface area contributed by atoms with E-state index in [2.05, 4.69) is 82.0 Å². The molecule has 2 heteroatoms. The molecule has 0 heterocycles. The van der Waals surface area contributed by atoms with E-state index in [1.807, 2.05) is 0 Å². The highest BCUT2D eigenvalue weighted by Gasteiger charge is 2.79. The predicted octanol–water partition coefficient (Wildman–Crippen LogP) is 5.06. The highest BCUT2D eigenvalue weighted by molar-refractivity contribution is 6.79. The van der Waals surface area contributed by atoms with Gasteiger partial charge in [0.05, 0.1) is 0 Å². The molecule has 120 valence electrons. The number of benzene rings is 2. The largest absolute Gasteiger partial charge is 0.380 e. The molecule has 0 bridgehead atoms. The second-order valence-electron chi connectivity index (χ2n) is 8.72. The van der Waals surface area contributed by atoms with Crippen molar-refractivity contribution in [1.29, 1.82) is 0 Å². The molecular formula is C21H26OSi. The first kappa shape index (κ1) is 15.2. The van der Waals surface area contributed by atoms with E-state index in [0.29, 0.717) is 11.5 Å². The van der Waals surface area contributed by atoms with Crippen LogP contribution in [0.15, 0.2) is 48.5 Å². The molecule has 1 nitrogen and oxygen atoms in total. The smallest absolute Gasteiger partial charge is 0.121 e. The van der Waals surface area contributed by atoms with Crippen LogP contribution in [0.4, 0.5) is 0 Å². The molecule has 2 aromatic rings. The molecule has 1 saturated carbocycles. The van der Waals surface area contributed by atoms with E-state index in [9.17, 15) is 5.11 Å². The Balaban J connectivity index is 2.01. The first-order chi connectivity index (χ1) is 10.7. The molecule has 1 unspecified atom stereocenters. The molecule has 0 amide bonds. The quantitative estimate of drug-likeness (QED) is 0.767. The maximum atomic E-state index is 12.1. The molecule has 2 aliphatic carbocycles. The molecule has 2 aliphatic rings. The van der Waals surface area contributed by atoms with Crippen molar-refractivity contribution in [2.24, 2.45) is 5.41 Å². The third-order valence-corrected chi connectivity index (χ3v) is 9.25. The predicted molar refractivity (Wildman–Crippen MR) is 98.6 cm³/mol. The molecular weight excluding hydrogens is 296 g/mol. The van der Waals surface area contributed by atoms with Crippen molar-refractivity contribution in [3.63, 3.8) is 0 Å². The summed E-state index contributed by atoms with van der Waals surface area (Å²) in [5.74, 6) is 0.509. The van der Waals surface area contributed by atoms with Gasteiger partial charge in [-0.2, -0.15) is 0 Å². The van der Waals surface area contributed by atoms with Gasteiger partial charge in [0, 0.05) is 13.5 Å². The minimum atomic E-state index is -1.36. The lowest BCUT2D eigenvalue weighted by molar-refractivity contribution is 0.0156. The van der Waals surface area contributed by atoms with Crippen molar-refractivity contribution in [2.75, 3.05) is 0 Å². The van der Waals surface area contributed by atoms with Crippen molar-refractivity contribution < 1.29 is 5.11 Å². The monoisotopic (exact) mass is 322 g/mol. The van der Waals surface area contributed by atoms with Gasteiger partial charge in [-0.1, -0.05) is 75.1 Å². The van der Waals surface area contributed by atoms with Crippen molar-refractivity contribution in [2.45, 2.75) is 50.5 Å². The first-order valence-corrected chi connectivity index (χ1v) is 12.2. The highest BCUT2D eigenvalue weighted by Crippen LogP contribution is 2.84. The van der Waals surface area contributed by atoms with Crippen LogP contribution in [0.2, 0.25) is 25.2 Å². The van der Waals surface area contributed by atoms with E-state index in [1.54, 1.807) is 0 Å². The summed E-state index contributed by atoms with van der Waals surface area (Å²) in [6, 6.07) is 17.0. The van der Waals surface area contributed by atoms with Crippen LogP contribution in [0.1, 0.15) is 35.1 Å². The Morgan fingerprint density at radius 3 is 2.09 bits per heavy atom. The topological polar surface area (TPSA) is 20.2 Å². The van der Waals surface area contributed by atoms with Crippen LogP contribution in [0.3, 0.4) is 0 Å². The Morgan fingerprint density at radius 2 is 1.48 bits per heavy atom. The summed E-state index contributed by atoms with van der Waals surface area (Å²) in [5, 5.41) is 12.1. The SMILES string of the molecule is Cc1ccccc1[C@@]1(O)c2ccccc2C2[C@@H]([Si](C)(C)C)[C@@]21C. The highest BCUT2D eigenvalue weighted by atomic mass is 28.3. The average Bonchev–Trinajstić information content (AvgIpc) is 3.10. The van der Waals surface area contributed by atoms with Crippen molar-refractivity contribution >= 4 is 8.07 Å². The Hall–Kier alpha value is -1.38. The van der Waals surface area contributed by atoms with Crippen LogP contribution in [-0.4, -0.2) is 13.2 Å². The van der Waals surface area contributed by atoms with Gasteiger partial charge in [0.1, 0.15) is 5.60 Å². The van der Waals surface area contributed by atoms with Gasteiger partial charge in [-0.3, -0.25) is 0 Å². The van der Waals surface area contributed by atoms with Gasteiger partial charge in [0.25, 0.3) is 0 Å². The van der Waals surface area contributed by atoms with E-state index >= 15 is 0 Å². The zero-order valence-corrected chi connectivity index (χ0v) is 15.7. The second kappa shape index (κ2) is 4.37. The Morgan fingerprint density at radius 1 is 0.913 bits per heavy atom. The maximum Gasteiger partial charge on any atom is 0.121 e. The zero-order chi connectivity index (χ0) is 16.6. The molecule has 1 fully saturated rings. The normalized spacial score (nSPS) is 34.9. The average molecular weight is 323 g/mol. The summed E-state index contributed by atoms with van der Waals surface area (Å²) in [4.78, 5) is 0. The molecule has 0 spiro atoms. The minimum absolute atomic E-state index is 0.0622. The van der Waals surface area contributed by atoms with Gasteiger partial charge in [-0.25, -0.2) is 0 Å². The van der Waals surface area contributed by atoms with Gasteiger partial charge >= 0.3 is 0 Å². The van der Waals surface area contributed by atoms with E-state index < -0.39 is 13.7 Å². The number of aryl methyl sites for hydroxylation is 1. The summed E-state index contributed by atoms with van der Waals surface area (Å²) >= 11 is 0. The van der Waals surface area contributed by atoms with Gasteiger partial charge in [-0.15, -0.1) is 0 Å². The second-order valence-corrected chi connectivity index (χ2v) is 14.1. The first-order valence-electron chi connectivity index (χ1n) is 8.62. The summed E-state index contributed by atoms with van der Waals surface area (Å²) in [6.07, 6.45) is 0. The number of hydrogen-bond acceptors (Lipinski definition) is 1. The number of fused-ring (bicyclic) bond motifs is 3. The van der Waals surface area contributed by atoms with E-state index in [0.717, 1.165) is 11.1 Å². The van der Waals surface area contributed by atoms with Crippen LogP contribution in [-0.2, 0) is 5.60 Å². The van der Waals surface area contributed by atoms with Gasteiger partial charge < -0.3 is 5.11 Å². The molecule has 1 N–H and O–H groups in total. The summed E-state index contributed by atoms with van der Waals surface area (Å²) in [5.41, 5.74) is 4.52. The van der Waals surface area contributed by atoms with Crippen LogP contribution < -0.4 is 0 Å². The maximum absolute atomic E-state index is 12.1. The molecule has 0 aliphatic heterocycles. The minimum Gasteiger partial charge on any atom is -0.380 e. The van der Waals surface area contributed by atoms with E-state index in [1.165, 1.54) is 11.1 Å². The van der Waals surface area contributed by atoms with Gasteiger partial charge in [-0.05, 0) is 40.6 Å². The number of hydrogen-bond donors (Lipinski definition) is 1. The molecule has 0 saturated heterocycles. The lowest BCUT2D eigenvalue weighted by Gasteiger charge is -2.38. The number of rotatable bonds is 2. The third-order valence-electron chi connectivity index (χ3n) is 6.45.